The summed E-state index contributed by atoms with van der Waals surface area (Å²) in [5.74, 6) is -1.41. The van der Waals surface area contributed by atoms with Gasteiger partial charge in [-0.2, -0.15) is 13.2 Å². The zero-order valence-corrected chi connectivity index (χ0v) is 13.1. The number of aryl methyl sites for hydroxylation is 1. The molecule has 0 amide bonds. The van der Waals surface area contributed by atoms with Gasteiger partial charge in [-0.3, -0.25) is 0 Å². The van der Waals surface area contributed by atoms with Gasteiger partial charge in [0.15, 0.2) is 11.4 Å². The topological polar surface area (TPSA) is 65.2 Å². The van der Waals surface area contributed by atoms with Crippen molar-refractivity contribution in [3.8, 4) is 5.75 Å². The van der Waals surface area contributed by atoms with E-state index in [1.54, 1.807) is 0 Å². The van der Waals surface area contributed by atoms with Crippen LogP contribution in [0.25, 0.3) is 0 Å². The molecule has 0 spiro atoms. The fourth-order valence-electron chi connectivity index (χ4n) is 1.53. The first-order valence-corrected chi connectivity index (χ1v) is 7.18. The van der Waals surface area contributed by atoms with Crippen LogP contribution in [0.2, 0.25) is 10.0 Å². The molecule has 0 aliphatic heterocycles. The van der Waals surface area contributed by atoms with Crippen LogP contribution in [0.3, 0.4) is 0 Å². The second kappa shape index (κ2) is 5.94. The van der Waals surface area contributed by atoms with Gasteiger partial charge in [0.25, 0.3) is 0 Å². The molecule has 0 aliphatic rings. The number of carbonyl (C=O) groups excluding carboxylic acids is 1. The highest BCUT2D eigenvalue weighted by molar-refractivity contribution is 7.13. The zero-order valence-electron chi connectivity index (χ0n) is 10.8. The molecule has 0 aliphatic carbocycles. The number of hydrogen-bond donors (Lipinski definition) is 1. The number of aromatic nitrogens is 1. The number of esters is 1. The van der Waals surface area contributed by atoms with Gasteiger partial charge in [-0.1, -0.05) is 23.2 Å². The smallest absolute Gasteiger partial charge is 0.421 e. The average Bonchev–Trinajstić information content (AvgIpc) is 2.82. The molecule has 10 heteroatoms. The standard InChI is InChI=1S/C12H7Cl2F3N2O2S/c1-4-19-10(12(15,16)17)9(22-4)11(20)21-6-3-2-5(18)7(13)8(6)14/h2-3H,18H2,1H3. The fourth-order valence-corrected chi connectivity index (χ4v) is 2.71. The molecule has 0 bridgehead atoms. The van der Waals surface area contributed by atoms with E-state index in [1.807, 2.05) is 0 Å². The Bertz CT molecular complexity index is 747. The Morgan fingerprint density at radius 2 is 1.95 bits per heavy atom. The lowest BCUT2D eigenvalue weighted by Gasteiger charge is -2.09. The third kappa shape index (κ3) is 3.29. The first-order valence-electron chi connectivity index (χ1n) is 5.61. The van der Waals surface area contributed by atoms with Crippen molar-refractivity contribution in [3.63, 3.8) is 0 Å². The number of benzene rings is 1. The van der Waals surface area contributed by atoms with Crippen molar-refractivity contribution in [1.82, 2.24) is 4.98 Å². The van der Waals surface area contributed by atoms with E-state index in [4.69, 9.17) is 33.7 Å². The summed E-state index contributed by atoms with van der Waals surface area (Å²) in [6, 6.07) is 2.56. The van der Waals surface area contributed by atoms with Gasteiger partial charge >= 0.3 is 12.1 Å². The highest BCUT2D eigenvalue weighted by Crippen LogP contribution is 2.38. The SMILES string of the molecule is Cc1nc(C(F)(F)F)c(C(=O)Oc2ccc(N)c(Cl)c2Cl)s1. The monoisotopic (exact) mass is 370 g/mol. The fraction of sp³-hybridized carbons (Fsp3) is 0.167. The molecule has 2 N–H and O–H groups in total. The summed E-state index contributed by atoms with van der Waals surface area (Å²) in [6.07, 6.45) is -4.76. The first kappa shape index (κ1) is 16.9. The predicted molar refractivity (Wildman–Crippen MR) is 77.7 cm³/mol. The normalized spacial score (nSPS) is 11.5. The van der Waals surface area contributed by atoms with Crippen LogP contribution in [0.15, 0.2) is 12.1 Å². The third-order valence-corrected chi connectivity index (χ3v) is 4.30. The van der Waals surface area contributed by atoms with Gasteiger partial charge in [-0.15, -0.1) is 11.3 Å². The number of halogens is 5. The summed E-state index contributed by atoms with van der Waals surface area (Å²) in [5, 5.41) is -0.131. The van der Waals surface area contributed by atoms with Crippen molar-refractivity contribution in [2.45, 2.75) is 13.1 Å². The number of anilines is 1. The van der Waals surface area contributed by atoms with E-state index >= 15 is 0 Å². The Balaban J connectivity index is 2.37. The van der Waals surface area contributed by atoms with Crippen molar-refractivity contribution in [2.24, 2.45) is 0 Å². The number of thiazole rings is 1. The molecule has 4 nitrogen and oxygen atoms in total. The minimum Gasteiger partial charge on any atom is -0.421 e. The number of alkyl halides is 3. The van der Waals surface area contributed by atoms with E-state index < -0.39 is 22.7 Å². The van der Waals surface area contributed by atoms with E-state index in [-0.39, 0.29) is 26.5 Å². The molecule has 0 atom stereocenters. The van der Waals surface area contributed by atoms with Crippen LogP contribution in [-0.4, -0.2) is 11.0 Å². The molecule has 1 heterocycles. The van der Waals surface area contributed by atoms with Crippen molar-refractivity contribution >= 4 is 46.2 Å². The average molecular weight is 371 g/mol. The van der Waals surface area contributed by atoms with Crippen molar-refractivity contribution in [1.29, 1.82) is 0 Å². The largest absolute Gasteiger partial charge is 0.435 e. The summed E-state index contributed by atoms with van der Waals surface area (Å²) in [7, 11) is 0. The maximum atomic E-state index is 12.8. The molecule has 2 aromatic rings. The van der Waals surface area contributed by atoms with E-state index in [2.05, 4.69) is 4.98 Å². The van der Waals surface area contributed by atoms with Gasteiger partial charge in [-0.05, 0) is 19.1 Å². The number of nitrogen functional groups attached to an aromatic ring is 1. The molecular formula is C12H7Cl2F3N2O2S. The highest BCUT2D eigenvalue weighted by atomic mass is 35.5. The first-order chi connectivity index (χ1) is 10.1. The molecule has 0 unspecified atom stereocenters. The molecule has 0 saturated carbocycles. The third-order valence-electron chi connectivity index (χ3n) is 2.47. The van der Waals surface area contributed by atoms with Crippen LogP contribution in [0, 0.1) is 6.92 Å². The lowest BCUT2D eigenvalue weighted by molar-refractivity contribution is -0.141. The Labute approximate surface area is 136 Å². The summed E-state index contributed by atoms with van der Waals surface area (Å²) < 4.78 is 43.4. The molecule has 118 valence electrons. The second-order valence-corrected chi connectivity index (χ2v) is 6.04. The lowest BCUT2D eigenvalue weighted by atomic mass is 10.3. The Morgan fingerprint density at radius 1 is 1.32 bits per heavy atom. The van der Waals surface area contributed by atoms with Crippen LogP contribution in [0.5, 0.6) is 5.75 Å². The van der Waals surface area contributed by atoms with Crippen LogP contribution >= 0.6 is 34.5 Å². The Morgan fingerprint density at radius 3 is 2.55 bits per heavy atom. The minimum atomic E-state index is -4.76. The van der Waals surface area contributed by atoms with Crippen molar-refractivity contribution in [3.05, 3.63) is 37.8 Å². The number of ether oxygens (including phenoxy) is 1. The van der Waals surface area contributed by atoms with Crippen LogP contribution < -0.4 is 10.5 Å². The number of nitrogens with zero attached hydrogens (tertiary/aromatic N) is 1. The summed E-state index contributed by atoms with van der Waals surface area (Å²) in [6.45, 7) is 1.35. The molecule has 0 radical (unpaired) electrons. The van der Waals surface area contributed by atoms with Crippen LogP contribution in [0.1, 0.15) is 20.4 Å². The molecular weight excluding hydrogens is 364 g/mol. The molecule has 2 rings (SSSR count). The Kier molecular flexibility index (Phi) is 4.55. The van der Waals surface area contributed by atoms with Crippen LogP contribution in [0.4, 0.5) is 18.9 Å². The van der Waals surface area contributed by atoms with Gasteiger partial charge in [0.2, 0.25) is 0 Å². The Hall–Kier alpha value is -1.51. The van der Waals surface area contributed by atoms with E-state index in [9.17, 15) is 18.0 Å². The summed E-state index contributed by atoms with van der Waals surface area (Å²) >= 11 is 12.2. The number of hydrogen-bond acceptors (Lipinski definition) is 5. The van der Waals surface area contributed by atoms with E-state index in [0.717, 1.165) is 0 Å². The van der Waals surface area contributed by atoms with E-state index in [0.29, 0.717) is 11.3 Å². The molecule has 22 heavy (non-hydrogen) atoms. The number of carbonyl (C=O) groups is 1. The number of rotatable bonds is 2. The molecule has 0 saturated heterocycles. The van der Waals surface area contributed by atoms with Crippen molar-refractivity contribution < 1.29 is 22.7 Å². The zero-order chi connectivity index (χ0) is 16.7. The van der Waals surface area contributed by atoms with Gasteiger partial charge in [0, 0.05) is 0 Å². The summed E-state index contributed by atoms with van der Waals surface area (Å²) in [4.78, 5) is 14.6. The van der Waals surface area contributed by atoms with Crippen molar-refractivity contribution in [2.75, 3.05) is 5.73 Å². The maximum Gasteiger partial charge on any atom is 0.435 e. The van der Waals surface area contributed by atoms with Gasteiger partial charge in [-0.25, -0.2) is 9.78 Å². The maximum absolute atomic E-state index is 12.8. The van der Waals surface area contributed by atoms with E-state index in [1.165, 1.54) is 19.1 Å². The highest BCUT2D eigenvalue weighted by Gasteiger charge is 2.40. The van der Waals surface area contributed by atoms with Crippen LogP contribution in [-0.2, 0) is 6.18 Å². The molecule has 1 aromatic carbocycles. The van der Waals surface area contributed by atoms with Gasteiger partial charge in [0.05, 0.1) is 15.7 Å². The minimum absolute atomic E-state index is 0.0523. The molecule has 0 fully saturated rings. The second-order valence-electron chi connectivity index (χ2n) is 4.08. The predicted octanol–water partition coefficient (Wildman–Crippen LogP) is 4.58. The van der Waals surface area contributed by atoms with Gasteiger partial charge in [0.1, 0.15) is 9.90 Å². The number of nitrogens with two attached hydrogens (primary N) is 1. The summed E-state index contributed by atoms with van der Waals surface area (Å²) in [5.41, 5.74) is 4.36. The molecule has 1 aromatic heterocycles. The van der Waals surface area contributed by atoms with Gasteiger partial charge < -0.3 is 10.5 Å². The lowest BCUT2D eigenvalue weighted by Crippen LogP contribution is -2.15. The quantitative estimate of drug-likeness (QED) is 0.477.